The molecule has 0 radical (unpaired) electrons. The summed E-state index contributed by atoms with van der Waals surface area (Å²) in [5.41, 5.74) is 0. The smallest absolute Gasteiger partial charge is 0.0855 e. The fourth-order valence-corrected chi connectivity index (χ4v) is 2.67. The lowest BCUT2D eigenvalue weighted by Crippen LogP contribution is -2.54. The summed E-state index contributed by atoms with van der Waals surface area (Å²) in [4.78, 5) is 2.55. The largest absolute Gasteiger partial charge is 0.374 e. The third-order valence-electron chi connectivity index (χ3n) is 4.02. The monoisotopic (exact) mass is 270 g/mol. The summed E-state index contributed by atoms with van der Waals surface area (Å²) in [6.07, 6.45) is 4.07. The van der Waals surface area contributed by atoms with Gasteiger partial charge in [-0.05, 0) is 45.6 Å². The molecule has 0 aliphatic carbocycles. The lowest BCUT2D eigenvalue weighted by atomic mass is 9.98. The summed E-state index contributed by atoms with van der Waals surface area (Å²) in [6, 6.07) is 1.15. The number of rotatable bonds is 8. The van der Waals surface area contributed by atoms with E-state index >= 15 is 0 Å². The second-order valence-electron chi connectivity index (χ2n) is 6.53. The SMILES string of the molecule is CCCNC(CCC(C)C)C1CN(C(C)C)CCO1. The first-order chi connectivity index (χ1) is 9.04. The van der Waals surface area contributed by atoms with Crippen LogP contribution in [0.4, 0.5) is 0 Å². The summed E-state index contributed by atoms with van der Waals surface area (Å²) in [5, 5.41) is 3.70. The molecule has 0 aromatic heterocycles. The van der Waals surface area contributed by atoms with Crippen molar-refractivity contribution in [2.45, 2.75) is 72.1 Å². The van der Waals surface area contributed by atoms with Crippen LogP contribution in [-0.4, -0.2) is 49.3 Å². The zero-order chi connectivity index (χ0) is 14.3. The van der Waals surface area contributed by atoms with Crippen molar-refractivity contribution in [3.63, 3.8) is 0 Å². The van der Waals surface area contributed by atoms with Crippen LogP contribution in [0.5, 0.6) is 0 Å². The highest BCUT2D eigenvalue weighted by Crippen LogP contribution is 2.17. The predicted octanol–water partition coefficient (Wildman–Crippen LogP) is 2.90. The maximum atomic E-state index is 6.05. The Morgan fingerprint density at radius 2 is 1.95 bits per heavy atom. The van der Waals surface area contributed by atoms with Crippen molar-refractivity contribution in [1.29, 1.82) is 0 Å². The van der Waals surface area contributed by atoms with Crippen molar-refractivity contribution in [1.82, 2.24) is 10.2 Å². The molecule has 0 spiro atoms. The van der Waals surface area contributed by atoms with Crippen molar-refractivity contribution < 1.29 is 4.74 Å². The Balaban J connectivity index is 2.51. The van der Waals surface area contributed by atoms with Crippen LogP contribution >= 0.6 is 0 Å². The molecule has 114 valence electrons. The van der Waals surface area contributed by atoms with Crippen LogP contribution in [-0.2, 0) is 4.74 Å². The third kappa shape index (κ3) is 6.24. The molecule has 2 unspecified atom stereocenters. The zero-order valence-electron chi connectivity index (χ0n) is 13.6. The minimum atomic E-state index is 0.362. The quantitative estimate of drug-likeness (QED) is 0.734. The van der Waals surface area contributed by atoms with Gasteiger partial charge in [0.05, 0.1) is 12.7 Å². The van der Waals surface area contributed by atoms with Crippen LogP contribution in [0.15, 0.2) is 0 Å². The van der Waals surface area contributed by atoms with E-state index < -0.39 is 0 Å². The summed E-state index contributed by atoms with van der Waals surface area (Å²) in [5.74, 6) is 0.774. The Kier molecular flexibility index (Phi) is 7.96. The van der Waals surface area contributed by atoms with E-state index in [1.807, 2.05) is 0 Å². The molecule has 3 heteroatoms. The Morgan fingerprint density at radius 3 is 2.53 bits per heavy atom. The predicted molar refractivity (Wildman–Crippen MR) is 82.6 cm³/mol. The number of hydrogen-bond acceptors (Lipinski definition) is 3. The standard InChI is InChI=1S/C16H34N2O/c1-6-9-17-15(8-7-13(2)3)16-12-18(14(4)5)10-11-19-16/h13-17H,6-12H2,1-5H3. The minimum absolute atomic E-state index is 0.362. The molecule has 1 aliphatic heterocycles. The number of nitrogens with one attached hydrogen (secondary N) is 1. The fourth-order valence-electron chi connectivity index (χ4n) is 2.67. The molecule has 1 fully saturated rings. The van der Waals surface area contributed by atoms with Crippen LogP contribution in [0.1, 0.15) is 53.9 Å². The highest BCUT2D eigenvalue weighted by Gasteiger charge is 2.28. The van der Waals surface area contributed by atoms with Gasteiger partial charge in [-0.15, -0.1) is 0 Å². The Labute approximate surface area is 120 Å². The maximum Gasteiger partial charge on any atom is 0.0855 e. The summed E-state index contributed by atoms with van der Waals surface area (Å²) in [6.45, 7) is 15.6. The van der Waals surface area contributed by atoms with E-state index in [0.717, 1.165) is 32.2 Å². The van der Waals surface area contributed by atoms with Crippen LogP contribution in [0.3, 0.4) is 0 Å². The van der Waals surface area contributed by atoms with Crippen molar-refractivity contribution >= 4 is 0 Å². The Morgan fingerprint density at radius 1 is 1.21 bits per heavy atom. The molecule has 3 nitrogen and oxygen atoms in total. The fraction of sp³-hybridized carbons (Fsp3) is 1.00. The highest BCUT2D eigenvalue weighted by atomic mass is 16.5. The molecular formula is C16H34N2O. The van der Waals surface area contributed by atoms with Gasteiger partial charge in [0.25, 0.3) is 0 Å². The molecule has 1 aliphatic rings. The van der Waals surface area contributed by atoms with Crippen LogP contribution in [0.25, 0.3) is 0 Å². The summed E-state index contributed by atoms with van der Waals surface area (Å²) < 4.78 is 6.05. The molecule has 0 amide bonds. The molecule has 1 heterocycles. The van der Waals surface area contributed by atoms with Gasteiger partial charge >= 0.3 is 0 Å². The lowest BCUT2D eigenvalue weighted by Gasteiger charge is -2.39. The average Bonchev–Trinajstić information content (AvgIpc) is 2.38. The molecule has 0 saturated carbocycles. The molecule has 0 bridgehead atoms. The normalized spacial score (nSPS) is 23.2. The second-order valence-corrected chi connectivity index (χ2v) is 6.53. The topological polar surface area (TPSA) is 24.5 Å². The minimum Gasteiger partial charge on any atom is -0.374 e. The van der Waals surface area contributed by atoms with E-state index in [9.17, 15) is 0 Å². The maximum absolute atomic E-state index is 6.05. The van der Waals surface area contributed by atoms with Crippen molar-refractivity contribution in [2.24, 2.45) is 5.92 Å². The van der Waals surface area contributed by atoms with Gasteiger partial charge in [0.2, 0.25) is 0 Å². The van der Waals surface area contributed by atoms with Crippen molar-refractivity contribution in [3.8, 4) is 0 Å². The van der Waals surface area contributed by atoms with E-state index in [1.165, 1.54) is 19.3 Å². The van der Waals surface area contributed by atoms with Gasteiger partial charge in [0.1, 0.15) is 0 Å². The molecule has 2 atom stereocenters. The van der Waals surface area contributed by atoms with Gasteiger partial charge < -0.3 is 10.1 Å². The van der Waals surface area contributed by atoms with E-state index in [4.69, 9.17) is 4.74 Å². The average molecular weight is 270 g/mol. The molecule has 19 heavy (non-hydrogen) atoms. The molecule has 1 N–H and O–H groups in total. The lowest BCUT2D eigenvalue weighted by molar-refractivity contribution is -0.0570. The molecule has 1 rings (SSSR count). The van der Waals surface area contributed by atoms with Crippen LogP contribution in [0, 0.1) is 5.92 Å². The van der Waals surface area contributed by atoms with E-state index in [-0.39, 0.29) is 0 Å². The number of morpholine rings is 1. The van der Waals surface area contributed by atoms with Gasteiger partial charge in [-0.25, -0.2) is 0 Å². The first-order valence-corrected chi connectivity index (χ1v) is 8.13. The van der Waals surface area contributed by atoms with Crippen LogP contribution in [0.2, 0.25) is 0 Å². The van der Waals surface area contributed by atoms with Gasteiger partial charge in [0.15, 0.2) is 0 Å². The summed E-state index contributed by atoms with van der Waals surface area (Å²) in [7, 11) is 0. The second kappa shape index (κ2) is 8.93. The summed E-state index contributed by atoms with van der Waals surface area (Å²) >= 11 is 0. The van der Waals surface area contributed by atoms with Crippen molar-refractivity contribution in [3.05, 3.63) is 0 Å². The number of ether oxygens (including phenoxy) is 1. The molecular weight excluding hydrogens is 236 g/mol. The number of nitrogens with zero attached hydrogens (tertiary/aromatic N) is 1. The first-order valence-electron chi connectivity index (χ1n) is 8.13. The van der Waals surface area contributed by atoms with Crippen LogP contribution < -0.4 is 5.32 Å². The third-order valence-corrected chi connectivity index (χ3v) is 4.02. The molecule has 1 saturated heterocycles. The number of hydrogen-bond donors (Lipinski definition) is 1. The highest BCUT2D eigenvalue weighted by molar-refractivity contribution is 4.84. The van der Waals surface area contributed by atoms with Gasteiger partial charge in [-0.3, -0.25) is 4.90 Å². The van der Waals surface area contributed by atoms with Gasteiger partial charge in [-0.1, -0.05) is 20.8 Å². The Bertz CT molecular complexity index is 231. The van der Waals surface area contributed by atoms with Gasteiger partial charge in [0, 0.05) is 25.2 Å². The zero-order valence-corrected chi connectivity index (χ0v) is 13.6. The van der Waals surface area contributed by atoms with E-state index in [1.54, 1.807) is 0 Å². The van der Waals surface area contributed by atoms with E-state index in [0.29, 0.717) is 18.2 Å². The molecule has 0 aromatic carbocycles. The van der Waals surface area contributed by atoms with E-state index in [2.05, 4.69) is 44.8 Å². The Hall–Kier alpha value is -0.120. The van der Waals surface area contributed by atoms with Gasteiger partial charge in [-0.2, -0.15) is 0 Å². The molecule has 0 aromatic rings. The first kappa shape index (κ1) is 16.9. The van der Waals surface area contributed by atoms with Crippen molar-refractivity contribution in [2.75, 3.05) is 26.2 Å².